The molecule has 4 nitrogen and oxygen atoms in total. The first kappa shape index (κ1) is 10.2. The maximum absolute atomic E-state index is 11.1. The molecule has 0 amide bonds. The first-order valence-electron chi connectivity index (χ1n) is 3.24. The van der Waals surface area contributed by atoms with E-state index in [1.165, 1.54) is 18.2 Å². The van der Waals surface area contributed by atoms with Gasteiger partial charge in [0.2, 0.25) is 0 Å². The van der Waals surface area contributed by atoms with Crippen molar-refractivity contribution in [1.82, 2.24) is 0 Å². The van der Waals surface area contributed by atoms with Crippen LogP contribution in [-0.2, 0) is 10.0 Å². The predicted octanol–water partition coefficient (Wildman–Crippen LogP) is 0.769. The number of carbonyl (C=O) groups is 1. The van der Waals surface area contributed by atoms with E-state index in [0.717, 1.165) is 0 Å². The molecule has 0 unspecified atom stereocenters. The largest absolute Gasteiger partial charge is 0.292 e. The molecule has 6 heteroatoms. The fourth-order valence-corrected chi connectivity index (χ4v) is 1.54. The molecule has 0 fully saturated rings. The molecule has 0 saturated heterocycles. The van der Waals surface area contributed by atoms with E-state index >= 15 is 0 Å². The molecule has 2 N–H and O–H groups in total. The summed E-state index contributed by atoms with van der Waals surface area (Å²) in [6, 6.07) is 5.81. The highest BCUT2D eigenvalue weighted by molar-refractivity contribution is 8.04. The Labute approximate surface area is 80.4 Å². The van der Waals surface area contributed by atoms with Crippen molar-refractivity contribution < 1.29 is 13.2 Å². The van der Waals surface area contributed by atoms with Crippen molar-refractivity contribution in [1.29, 1.82) is 0 Å². The lowest BCUT2D eigenvalue weighted by molar-refractivity contribution is 0.107. The van der Waals surface area contributed by atoms with Crippen LogP contribution in [0.15, 0.2) is 24.3 Å². The van der Waals surface area contributed by atoms with Crippen molar-refractivity contribution >= 4 is 26.7 Å². The van der Waals surface area contributed by atoms with Crippen molar-refractivity contribution in [3.63, 3.8) is 0 Å². The Morgan fingerprint density at radius 1 is 1.31 bits per heavy atom. The molecule has 70 valence electrons. The van der Waals surface area contributed by atoms with E-state index in [-0.39, 0.29) is 10.6 Å². The van der Waals surface area contributed by atoms with Crippen molar-refractivity contribution in [2.75, 3.05) is 0 Å². The molecule has 13 heavy (non-hydrogen) atoms. The van der Waals surface area contributed by atoms with Crippen molar-refractivity contribution in [3.8, 4) is 0 Å². The average molecular weight is 220 g/mol. The highest BCUT2D eigenvalue weighted by Crippen LogP contribution is 2.16. The zero-order valence-electron chi connectivity index (χ0n) is 6.40. The maximum Gasteiger partial charge on any atom is 0.292 e. The number of carbonyl (C=O) groups excluding carboxylic acids is 1. The Hall–Kier alpha value is -0.910. The molecule has 0 bridgehead atoms. The van der Waals surface area contributed by atoms with Crippen LogP contribution in [0, 0.1) is 0 Å². The van der Waals surface area contributed by atoms with Gasteiger partial charge in [-0.25, -0.2) is 13.6 Å². The number of benzene rings is 1. The Morgan fingerprint density at radius 3 is 2.31 bits per heavy atom. The summed E-state index contributed by atoms with van der Waals surface area (Å²) in [5, 5.41) is 3.55. The van der Waals surface area contributed by atoms with Gasteiger partial charge in [0.15, 0.2) is 0 Å². The van der Waals surface area contributed by atoms with E-state index in [1.807, 2.05) is 0 Å². The number of hydrogen-bond acceptors (Lipinski definition) is 3. The Kier molecular flexibility index (Phi) is 2.70. The number of halogens is 1. The second-order valence-corrected chi connectivity index (χ2v) is 4.18. The van der Waals surface area contributed by atoms with E-state index in [4.69, 9.17) is 11.6 Å². The highest BCUT2D eigenvalue weighted by atomic mass is 35.5. The van der Waals surface area contributed by atoms with Gasteiger partial charge < -0.3 is 0 Å². The lowest BCUT2D eigenvalue weighted by Crippen LogP contribution is -2.23. The van der Waals surface area contributed by atoms with Crippen LogP contribution in [0.25, 0.3) is 0 Å². The molecule has 1 rings (SSSR count). The topological polar surface area (TPSA) is 77.2 Å². The normalized spacial score (nSPS) is 11.2. The van der Waals surface area contributed by atoms with Crippen LogP contribution >= 0.6 is 11.6 Å². The number of hydrogen-bond donors (Lipinski definition) is 1. The van der Waals surface area contributed by atoms with Crippen LogP contribution < -0.4 is 5.14 Å². The number of rotatable bonds is 1. The van der Waals surface area contributed by atoms with Crippen LogP contribution in [0.3, 0.4) is 0 Å². The number of sulfonamides is 1. The predicted molar refractivity (Wildman–Crippen MR) is 48.9 cm³/mol. The molecule has 0 aliphatic heterocycles. The fraction of sp³-hybridized carbons (Fsp3) is 0. The van der Waals surface area contributed by atoms with E-state index < -0.39 is 15.1 Å². The van der Waals surface area contributed by atoms with E-state index in [2.05, 4.69) is 5.14 Å². The Morgan fingerprint density at radius 2 is 1.85 bits per heavy atom. The smallest absolute Gasteiger partial charge is 0.274 e. The zero-order chi connectivity index (χ0) is 10.1. The van der Waals surface area contributed by atoms with Crippen LogP contribution in [-0.4, -0.2) is 13.5 Å². The second kappa shape index (κ2) is 3.45. The van der Waals surface area contributed by atoms with Crippen molar-refractivity contribution in [2.24, 2.45) is 5.14 Å². The maximum atomic E-state index is 11.1. The first-order chi connectivity index (χ1) is 5.93. The third-order valence-electron chi connectivity index (χ3n) is 1.35. The molecule has 0 saturated carbocycles. The Bertz CT molecular complexity index is 441. The van der Waals surface area contributed by atoms with E-state index in [1.54, 1.807) is 6.07 Å². The third kappa shape index (κ3) is 2.27. The quantitative estimate of drug-likeness (QED) is 0.758. The SMILES string of the molecule is NS(=O)(=O)C(=O)c1ccccc1Cl. The van der Waals surface area contributed by atoms with Gasteiger partial charge in [-0.2, -0.15) is 0 Å². The monoisotopic (exact) mass is 219 g/mol. The van der Waals surface area contributed by atoms with Gasteiger partial charge in [-0.05, 0) is 12.1 Å². The molecule has 0 spiro atoms. The zero-order valence-corrected chi connectivity index (χ0v) is 7.97. The number of primary sulfonamides is 1. The first-order valence-corrected chi connectivity index (χ1v) is 5.17. The molecule has 0 heterocycles. The summed E-state index contributed by atoms with van der Waals surface area (Å²) in [5.74, 6) is 0. The van der Waals surface area contributed by atoms with Crippen molar-refractivity contribution in [2.45, 2.75) is 0 Å². The van der Waals surface area contributed by atoms with Gasteiger partial charge in [0.1, 0.15) is 0 Å². The minimum Gasteiger partial charge on any atom is -0.274 e. The third-order valence-corrected chi connectivity index (χ3v) is 2.42. The Balaban J connectivity index is 3.26. The summed E-state index contributed by atoms with van der Waals surface area (Å²) in [5.41, 5.74) is -0.105. The molecule has 1 aromatic carbocycles. The molecule has 1 aromatic rings. The summed E-state index contributed by atoms with van der Waals surface area (Å²) in [4.78, 5) is 11.1. The minimum atomic E-state index is -4.20. The fourth-order valence-electron chi connectivity index (χ4n) is 0.780. The second-order valence-electron chi connectivity index (χ2n) is 2.31. The molecule has 0 aliphatic carbocycles. The summed E-state index contributed by atoms with van der Waals surface area (Å²) in [7, 11) is -4.20. The van der Waals surface area contributed by atoms with E-state index in [9.17, 15) is 13.2 Å². The summed E-state index contributed by atoms with van der Waals surface area (Å²) in [6.45, 7) is 0. The molecular weight excluding hydrogens is 214 g/mol. The minimum absolute atomic E-state index is 0.0709. The van der Waals surface area contributed by atoms with Gasteiger partial charge in [-0.3, -0.25) is 4.79 Å². The summed E-state index contributed by atoms with van der Waals surface area (Å²) in [6.07, 6.45) is 0. The number of nitrogens with two attached hydrogens (primary N) is 1. The van der Waals surface area contributed by atoms with Crippen molar-refractivity contribution in [3.05, 3.63) is 34.9 Å². The standard InChI is InChI=1S/C7H6ClNO3S/c8-6-4-2-1-3-5(6)7(10)13(9,11)12/h1-4H,(H2,9,11,12). The average Bonchev–Trinajstić information content (AvgIpc) is 2.02. The van der Waals surface area contributed by atoms with Gasteiger partial charge >= 0.3 is 0 Å². The van der Waals surface area contributed by atoms with Gasteiger partial charge in [-0.1, -0.05) is 23.7 Å². The summed E-state index contributed by atoms with van der Waals surface area (Å²) >= 11 is 5.58. The lowest BCUT2D eigenvalue weighted by Gasteiger charge is -1.99. The molecule has 0 aliphatic rings. The van der Waals surface area contributed by atoms with Gasteiger partial charge in [0.05, 0.1) is 10.6 Å². The molecule has 0 atom stereocenters. The van der Waals surface area contributed by atoms with Gasteiger partial charge in [0, 0.05) is 0 Å². The van der Waals surface area contributed by atoms with Crippen LogP contribution in [0.2, 0.25) is 5.02 Å². The van der Waals surface area contributed by atoms with Gasteiger partial charge in [-0.15, -0.1) is 0 Å². The highest BCUT2D eigenvalue weighted by Gasteiger charge is 2.20. The molecule has 0 aromatic heterocycles. The van der Waals surface area contributed by atoms with Crippen LogP contribution in [0.5, 0.6) is 0 Å². The molecular formula is C7H6ClNO3S. The molecule has 0 radical (unpaired) electrons. The lowest BCUT2D eigenvalue weighted by atomic mass is 10.2. The summed E-state index contributed by atoms with van der Waals surface area (Å²) < 4.78 is 21.3. The van der Waals surface area contributed by atoms with E-state index in [0.29, 0.717) is 0 Å². The van der Waals surface area contributed by atoms with Crippen LogP contribution in [0.1, 0.15) is 10.4 Å². The van der Waals surface area contributed by atoms with Crippen LogP contribution in [0.4, 0.5) is 0 Å². The van der Waals surface area contributed by atoms with Gasteiger partial charge in [0.25, 0.3) is 15.1 Å².